The zero-order valence-corrected chi connectivity index (χ0v) is 10.6. The summed E-state index contributed by atoms with van der Waals surface area (Å²) in [5, 5.41) is 13.2. The van der Waals surface area contributed by atoms with Gasteiger partial charge in [0.05, 0.1) is 11.6 Å². The molecule has 1 aliphatic heterocycles. The molecular weight excluding hydrogens is 238 g/mol. The summed E-state index contributed by atoms with van der Waals surface area (Å²) in [5.74, 6) is 0.238. The van der Waals surface area contributed by atoms with E-state index in [4.69, 9.17) is 0 Å². The molecule has 2 aromatic rings. The van der Waals surface area contributed by atoms with Crippen molar-refractivity contribution in [2.24, 2.45) is 5.92 Å². The Labute approximate surface area is 111 Å². The third-order valence-corrected chi connectivity index (χ3v) is 3.80. The van der Waals surface area contributed by atoms with E-state index >= 15 is 0 Å². The van der Waals surface area contributed by atoms with E-state index in [0.717, 1.165) is 36.8 Å². The first-order chi connectivity index (χ1) is 9.31. The van der Waals surface area contributed by atoms with Crippen LogP contribution in [0.15, 0.2) is 24.4 Å². The van der Waals surface area contributed by atoms with Crippen LogP contribution >= 0.6 is 0 Å². The maximum Gasteiger partial charge on any atom is 0.168 e. The van der Waals surface area contributed by atoms with Gasteiger partial charge in [-0.1, -0.05) is 6.07 Å². The fourth-order valence-corrected chi connectivity index (χ4v) is 2.78. The molecule has 1 aromatic heterocycles. The Morgan fingerprint density at radius 2 is 2.11 bits per heavy atom. The molecule has 0 bridgehead atoms. The lowest BCUT2D eigenvalue weighted by Crippen LogP contribution is -2.31. The van der Waals surface area contributed by atoms with Crippen LogP contribution in [0.1, 0.15) is 28.8 Å². The van der Waals surface area contributed by atoms with E-state index < -0.39 is 0 Å². The zero-order valence-electron chi connectivity index (χ0n) is 10.6. The van der Waals surface area contributed by atoms with Gasteiger partial charge in [-0.25, -0.2) is 0 Å². The summed E-state index contributed by atoms with van der Waals surface area (Å²) in [6, 6.07) is 7.66. The van der Waals surface area contributed by atoms with Crippen molar-refractivity contribution < 1.29 is 4.79 Å². The van der Waals surface area contributed by atoms with Gasteiger partial charge in [0.1, 0.15) is 0 Å². The third-order valence-electron chi connectivity index (χ3n) is 3.80. The molecule has 1 aromatic carbocycles. The minimum atomic E-state index is 0.0759. The number of nitrogens with one attached hydrogen (secondary N) is 2. The van der Waals surface area contributed by atoms with Gasteiger partial charge in [0.15, 0.2) is 5.78 Å². The number of fused-ring (bicyclic) bond motifs is 1. The molecule has 0 spiro atoms. The number of nitrogens with zero attached hydrogens (tertiary/aromatic N) is 1. The van der Waals surface area contributed by atoms with Crippen LogP contribution in [-0.2, 0) is 0 Å². The molecule has 2 N–H and O–H groups in total. The molecule has 0 amide bonds. The highest BCUT2D eigenvalue weighted by molar-refractivity contribution is 6.10. The molecule has 0 saturated carbocycles. The van der Waals surface area contributed by atoms with Gasteiger partial charge in [-0.15, -0.1) is 0 Å². The van der Waals surface area contributed by atoms with Gasteiger partial charge in [0.25, 0.3) is 0 Å². The zero-order chi connectivity index (χ0) is 13.2. The average Bonchev–Trinajstić information content (AvgIpc) is 2.91. The smallest absolute Gasteiger partial charge is 0.168 e. The van der Waals surface area contributed by atoms with E-state index in [2.05, 4.69) is 16.4 Å². The predicted octanol–water partition coefficient (Wildman–Crippen LogP) is 2.22. The second-order valence-corrected chi connectivity index (χ2v) is 4.93. The molecule has 1 fully saturated rings. The van der Waals surface area contributed by atoms with Gasteiger partial charge in [-0.05, 0) is 38.1 Å². The molecular formula is C15H15N3O. The monoisotopic (exact) mass is 253 g/mol. The highest BCUT2D eigenvalue weighted by Crippen LogP contribution is 2.27. The van der Waals surface area contributed by atoms with Crippen LogP contribution in [0.4, 0.5) is 0 Å². The minimum Gasteiger partial charge on any atom is -0.360 e. The molecule has 1 saturated heterocycles. The van der Waals surface area contributed by atoms with Crippen LogP contribution in [0.3, 0.4) is 0 Å². The van der Waals surface area contributed by atoms with Crippen molar-refractivity contribution in [3.05, 3.63) is 35.5 Å². The minimum absolute atomic E-state index is 0.0759. The molecule has 19 heavy (non-hydrogen) atoms. The van der Waals surface area contributed by atoms with Crippen LogP contribution < -0.4 is 5.32 Å². The first kappa shape index (κ1) is 11.9. The fourth-order valence-electron chi connectivity index (χ4n) is 2.78. The highest BCUT2D eigenvalue weighted by atomic mass is 16.1. The van der Waals surface area contributed by atoms with Crippen molar-refractivity contribution in [3.63, 3.8) is 0 Å². The lowest BCUT2D eigenvalue weighted by atomic mass is 9.89. The van der Waals surface area contributed by atoms with Gasteiger partial charge >= 0.3 is 0 Å². The molecule has 0 atom stereocenters. The molecule has 3 rings (SSSR count). The van der Waals surface area contributed by atoms with Gasteiger partial charge in [0.2, 0.25) is 0 Å². The van der Waals surface area contributed by atoms with Crippen molar-refractivity contribution in [2.75, 3.05) is 13.1 Å². The fraction of sp³-hybridized carbons (Fsp3) is 0.333. The lowest BCUT2D eigenvalue weighted by Gasteiger charge is -2.21. The van der Waals surface area contributed by atoms with Crippen LogP contribution in [0.2, 0.25) is 0 Å². The predicted molar refractivity (Wildman–Crippen MR) is 72.9 cm³/mol. The van der Waals surface area contributed by atoms with Gasteiger partial charge < -0.3 is 10.3 Å². The summed E-state index contributed by atoms with van der Waals surface area (Å²) in [7, 11) is 0. The molecule has 4 nitrogen and oxygen atoms in total. The van der Waals surface area contributed by atoms with Crippen LogP contribution in [-0.4, -0.2) is 23.9 Å². The van der Waals surface area contributed by atoms with Crippen LogP contribution in [0, 0.1) is 17.2 Å². The molecule has 4 heteroatoms. The Bertz CT molecular complexity index is 660. The highest BCUT2D eigenvalue weighted by Gasteiger charge is 2.25. The number of Topliss-reactive ketones (excluding diaryl/α,β-unsaturated/α-hetero) is 1. The Balaban J connectivity index is 2.05. The number of rotatable bonds is 2. The summed E-state index contributed by atoms with van der Waals surface area (Å²) in [4.78, 5) is 15.7. The number of aromatic nitrogens is 1. The van der Waals surface area contributed by atoms with Crippen molar-refractivity contribution in [1.82, 2.24) is 10.3 Å². The Kier molecular flexibility index (Phi) is 3.06. The molecule has 0 radical (unpaired) electrons. The number of hydrogen-bond donors (Lipinski definition) is 2. The van der Waals surface area contributed by atoms with Crippen molar-refractivity contribution >= 4 is 16.7 Å². The quantitative estimate of drug-likeness (QED) is 0.806. The van der Waals surface area contributed by atoms with Gasteiger partial charge in [-0.3, -0.25) is 4.79 Å². The second kappa shape index (κ2) is 4.87. The average molecular weight is 253 g/mol. The Morgan fingerprint density at radius 3 is 2.84 bits per heavy atom. The van der Waals surface area contributed by atoms with Crippen LogP contribution in [0.25, 0.3) is 10.9 Å². The van der Waals surface area contributed by atoms with Crippen molar-refractivity contribution in [3.8, 4) is 6.07 Å². The number of benzene rings is 1. The Morgan fingerprint density at radius 1 is 1.32 bits per heavy atom. The number of aromatic amines is 1. The number of H-pyrrole nitrogens is 1. The first-order valence-electron chi connectivity index (χ1n) is 6.56. The largest absolute Gasteiger partial charge is 0.360 e. The summed E-state index contributed by atoms with van der Waals surface area (Å²) < 4.78 is 0. The number of nitriles is 1. The summed E-state index contributed by atoms with van der Waals surface area (Å²) >= 11 is 0. The topological polar surface area (TPSA) is 68.7 Å². The van der Waals surface area contributed by atoms with Gasteiger partial charge in [0, 0.05) is 28.6 Å². The van der Waals surface area contributed by atoms with E-state index in [-0.39, 0.29) is 11.7 Å². The molecule has 1 aliphatic rings. The van der Waals surface area contributed by atoms with E-state index in [9.17, 15) is 10.1 Å². The standard InChI is InChI=1S/C15H15N3O/c16-8-11-2-1-3-13-14(11)12(9-18-13)15(19)10-4-6-17-7-5-10/h1-3,9-10,17-18H,4-7H2. The number of hydrogen-bond acceptors (Lipinski definition) is 3. The maximum atomic E-state index is 12.6. The molecule has 2 heterocycles. The van der Waals surface area contributed by atoms with Gasteiger partial charge in [-0.2, -0.15) is 5.26 Å². The van der Waals surface area contributed by atoms with Crippen LogP contribution in [0.5, 0.6) is 0 Å². The SMILES string of the molecule is N#Cc1cccc2[nH]cc(C(=O)C3CCNCC3)c12. The number of ketones is 1. The lowest BCUT2D eigenvalue weighted by molar-refractivity contribution is 0.0897. The number of carbonyl (C=O) groups is 1. The third kappa shape index (κ3) is 2.02. The molecule has 0 unspecified atom stereocenters. The van der Waals surface area contributed by atoms with E-state index in [1.165, 1.54) is 0 Å². The first-order valence-corrected chi connectivity index (χ1v) is 6.56. The number of piperidine rings is 1. The van der Waals surface area contributed by atoms with Crippen molar-refractivity contribution in [2.45, 2.75) is 12.8 Å². The molecule has 0 aliphatic carbocycles. The van der Waals surface area contributed by atoms with E-state index in [1.807, 2.05) is 12.1 Å². The Hall–Kier alpha value is -2.12. The second-order valence-electron chi connectivity index (χ2n) is 4.93. The van der Waals surface area contributed by atoms with E-state index in [1.54, 1.807) is 12.3 Å². The summed E-state index contributed by atoms with van der Waals surface area (Å²) in [6.45, 7) is 1.79. The molecule has 96 valence electrons. The van der Waals surface area contributed by atoms with Crippen molar-refractivity contribution in [1.29, 1.82) is 5.26 Å². The number of carbonyl (C=O) groups excluding carboxylic acids is 1. The normalized spacial score (nSPS) is 16.4. The van der Waals surface area contributed by atoms with E-state index in [0.29, 0.717) is 11.1 Å². The summed E-state index contributed by atoms with van der Waals surface area (Å²) in [6.07, 6.45) is 3.50. The maximum absolute atomic E-state index is 12.6. The summed E-state index contributed by atoms with van der Waals surface area (Å²) in [5.41, 5.74) is 2.09.